The molecule has 0 unspecified atom stereocenters. The number of nitrogens with zero attached hydrogens (tertiary/aromatic N) is 2. The second-order valence-electron chi connectivity index (χ2n) is 6.96. The molecule has 1 heterocycles. The van der Waals surface area contributed by atoms with Crippen LogP contribution in [0.15, 0.2) is 0 Å². The highest BCUT2D eigenvalue weighted by atomic mass is 14.9. The van der Waals surface area contributed by atoms with Gasteiger partial charge in [-0.1, -0.05) is 44.9 Å². The zero-order chi connectivity index (χ0) is 15.2. The van der Waals surface area contributed by atoms with Crippen LogP contribution in [0.25, 0.3) is 0 Å². The second kappa shape index (κ2) is 7.77. The van der Waals surface area contributed by atoms with Gasteiger partial charge >= 0.3 is 0 Å². The van der Waals surface area contributed by atoms with Crippen LogP contribution in [0, 0.1) is 12.3 Å². The third kappa shape index (κ3) is 3.69. The van der Waals surface area contributed by atoms with Gasteiger partial charge in [0.25, 0.3) is 0 Å². The lowest BCUT2D eigenvalue weighted by atomic mass is 9.88. The van der Waals surface area contributed by atoms with Crippen molar-refractivity contribution in [2.24, 2.45) is 0 Å². The summed E-state index contributed by atoms with van der Waals surface area (Å²) >= 11 is 0. The van der Waals surface area contributed by atoms with E-state index in [9.17, 15) is 0 Å². The zero-order valence-corrected chi connectivity index (χ0v) is 13.7. The first kappa shape index (κ1) is 15.5. The molecule has 0 bridgehead atoms. The molecule has 1 saturated carbocycles. The van der Waals surface area contributed by atoms with Gasteiger partial charge in [-0.15, -0.1) is 6.42 Å². The molecule has 0 saturated heterocycles. The monoisotopic (exact) mass is 296 g/mol. The normalized spacial score (nSPS) is 20.9. The van der Waals surface area contributed by atoms with E-state index in [-0.39, 0.29) is 0 Å². The standard InChI is InChI=1S/C20H28N2/c1-2-19-21-18-15-11-7-10-14-17(18)20(22-19)16-12-8-5-3-4-6-9-13-16/h1,16H,3-15H2. The predicted octanol–water partition coefficient (Wildman–Crippen LogP) is 4.94. The molecule has 22 heavy (non-hydrogen) atoms. The van der Waals surface area contributed by atoms with Crippen molar-refractivity contribution in [3.63, 3.8) is 0 Å². The Morgan fingerprint density at radius 3 is 2.14 bits per heavy atom. The van der Waals surface area contributed by atoms with Crippen LogP contribution in [-0.4, -0.2) is 9.97 Å². The van der Waals surface area contributed by atoms with Crippen molar-refractivity contribution in [3.8, 4) is 12.3 Å². The average Bonchev–Trinajstić information content (AvgIpc) is 2.69. The molecular formula is C20H28N2. The van der Waals surface area contributed by atoms with Gasteiger partial charge in [-0.3, -0.25) is 0 Å². The highest BCUT2D eigenvalue weighted by molar-refractivity contribution is 5.33. The fourth-order valence-electron chi connectivity index (χ4n) is 4.11. The van der Waals surface area contributed by atoms with Crippen LogP contribution < -0.4 is 0 Å². The highest BCUT2D eigenvalue weighted by Crippen LogP contribution is 2.34. The smallest absolute Gasteiger partial charge is 0.205 e. The Bertz CT molecular complexity index is 531. The molecule has 1 aromatic heterocycles. The van der Waals surface area contributed by atoms with Crippen molar-refractivity contribution in [2.75, 3.05) is 0 Å². The number of hydrogen-bond acceptors (Lipinski definition) is 2. The molecule has 0 amide bonds. The molecule has 0 N–H and O–H groups in total. The lowest BCUT2D eigenvalue weighted by Crippen LogP contribution is -2.12. The van der Waals surface area contributed by atoms with Crippen molar-refractivity contribution in [3.05, 3.63) is 22.8 Å². The molecule has 3 rings (SSSR count). The van der Waals surface area contributed by atoms with Crippen molar-refractivity contribution < 1.29 is 0 Å². The summed E-state index contributed by atoms with van der Waals surface area (Å²) in [7, 11) is 0. The molecule has 118 valence electrons. The Balaban J connectivity index is 1.94. The van der Waals surface area contributed by atoms with Crippen LogP contribution in [0.3, 0.4) is 0 Å². The molecule has 2 aliphatic rings. The highest BCUT2D eigenvalue weighted by Gasteiger charge is 2.22. The van der Waals surface area contributed by atoms with Gasteiger partial charge < -0.3 is 0 Å². The molecule has 2 nitrogen and oxygen atoms in total. The Labute approximate surface area is 135 Å². The van der Waals surface area contributed by atoms with Crippen LogP contribution in [0.2, 0.25) is 0 Å². The molecule has 0 atom stereocenters. The lowest BCUT2D eigenvalue weighted by Gasteiger charge is -2.20. The van der Waals surface area contributed by atoms with Crippen LogP contribution in [0.5, 0.6) is 0 Å². The Morgan fingerprint density at radius 1 is 0.773 bits per heavy atom. The first-order valence-electron chi connectivity index (χ1n) is 9.25. The summed E-state index contributed by atoms with van der Waals surface area (Å²) in [6.07, 6.45) is 22.5. The lowest BCUT2D eigenvalue weighted by molar-refractivity contribution is 0.521. The van der Waals surface area contributed by atoms with E-state index in [1.165, 1.54) is 87.6 Å². The Kier molecular flexibility index (Phi) is 5.48. The van der Waals surface area contributed by atoms with Crippen molar-refractivity contribution in [1.29, 1.82) is 0 Å². The molecule has 2 aliphatic carbocycles. The Morgan fingerprint density at radius 2 is 1.41 bits per heavy atom. The van der Waals surface area contributed by atoms with Crippen molar-refractivity contribution >= 4 is 0 Å². The van der Waals surface area contributed by atoms with E-state index in [4.69, 9.17) is 11.4 Å². The molecule has 0 spiro atoms. The second-order valence-corrected chi connectivity index (χ2v) is 6.96. The van der Waals surface area contributed by atoms with Gasteiger partial charge in [-0.25, -0.2) is 9.97 Å². The van der Waals surface area contributed by atoms with Gasteiger partial charge in [-0.05, 0) is 50.0 Å². The van der Waals surface area contributed by atoms with E-state index in [2.05, 4.69) is 10.9 Å². The minimum absolute atomic E-state index is 0.611. The molecule has 1 fully saturated rings. The maximum absolute atomic E-state index is 5.63. The minimum atomic E-state index is 0.611. The van der Waals surface area contributed by atoms with Crippen molar-refractivity contribution in [1.82, 2.24) is 9.97 Å². The predicted molar refractivity (Wildman–Crippen MR) is 90.9 cm³/mol. The summed E-state index contributed by atoms with van der Waals surface area (Å²) in [5.74, 6) is 3.93. The summed E-state index contributed by atoms with van der Waals surface area (Å²) < 4.78 is 0. The van der Waals surface area contributed by atoms with E-state index >= 15 is 0 Å². The maximum atomic E-state index is 5.63. The number of aromatic nitrogens is 2. The summed E-state index contributed by atoms with van der Waals surface area (Å²) in [6, 6.07) is 0. The molecule has 0 radical (unpaired) electrons. The summed E-state index contributed by atoms with van der Waals surface area (Å²) in [4.78, 5) is 9.49. The number of rotatable bonds is 1. The number of fused-ring (bicyclic) bond motifs is 1. The average molecular weight is 296 g/mol. The maximum Gasteiger partial charge on any atom is 0.205 e. The third-order valence-electron chi connectivity index (χ3n) is 5.34. The summed E-state index contributed by atoms with van der Waals surface area (Å²) in [5, 5.41) is 0. The van der Waals surface area contributed by atoms with Gasteiger partial charge in [-0.2, -0.15) is 0 Å². The topological polar surface area (TPSA) is 25.8 Å². The summed E-state index contributed by atoms with van der Waals surface area (Å²) in [5.41, 5.74) is 4.04. The first-order valence-corrected chi connectivity index (χ1v) is 9.25. The molecular weight excluding hydrogens is 268 g/mol. The van der Waals surface area contributed by atoms with E-state index < -0.39 is 0 Å². The van der Waals surface area contributed by atoms with Crippen LogP contribution >= 0.6 is 0 Å². The summed E-state index contributed by atoms with van der Waals surface area (Å²) in [6.45, 7) is 0. The zero-order valence-electron chi connectivity index (χ0n) is 13.7. The van der Waals surface area contributed by atoms with E-state index in [0.717, 1.165) is 12.8 Å². The number of aryl methyl sites for hydroxylation is 1. The molecule has 0 aromatic carbocycles. The third-order valence-corrected chi connectivity index (χ3v) is 5.34. The van der Waals surface area contributed by atoms with Crippen LogP contribution in [0.4, 0.5) is 0 Å². The number of terminal acetylenes is 1. The van der Waals surface area contributed by atoms with Gasteiger partial charge in [0.15, 0.2) is 0 Å². The van der Waals surface area contributed by atoms with Crippen LogP contribution in [0.1, 0.15) is 99.3 Å². The van der Waals surface area contributed by atoms with E-state index in [1.54, 1.807) is 0 Å². The quantitative estimate of drug-likeness (QED) is 0.541. The molecule has 2 heteroatoms. The molecule has 0 aliphatic heterocycles. The van der Waals surface area contributed by atoms with E-state index in [1.807, 2.05) is 0 Å². The van der Waals surface area contributed by atoms with E-state index in [0.29, 0.717) is 11.7 Å². The van der Waals surface area contributed by atoms with Crippen molar-refractivity contribution in [2.45, 2.75) is 89.4 Å². The number of hydrogen-bond donors (Lipinski definition) is 0. The SMILES string of the molecule is C#Cc1nc2c(c(C3CCCCCCCC3)n1)CCCCC2. The van der Waals surface area contributed by atoms with Gasteiger partial charge in [0, 0.05) is 11.6 Å². The first-order chi connectivity index (χ1) is 10.9. The fraction of sp³-hybridized carbons (Fsp3) is 0.700. The van der Waals surface area contributed by atoms with Crippen LogP contribution in [-0.2, 0) is 12.8 Å². The van der Waals surface area contributed by atoms with Gasteiger partial charge in [0.1, 0.15) is 0 Å². The van der Waals surface area contributed by atoms with Gasteiger partial charge in [0.05, 0.1) is 5.69 Å². The minimum Gasteiger partial charge on any atom is -0.226 e. The Hall–Kier alpha value is -1.36. The van der Waals surface area contributed by atoms with Gasteiger partial charge in [0.2, 0.25) is 5.82 Å². The largest absolute Gasteiger partial charge is 0.226 e. The fourth-order valence-corrected chi connectivity index (χ4v) is 4.11. The molecule has 1 aromatic rings.